The van der Waals surface area contributed by atoms with Gasteiger partial charge in [-0.25, -0.2) is 4.98 Å². The van der Waals surface area contributed by atoms with Gasteiger partial charge < -0.3 is 10.8 Å². The quantitative estimate of drug-likeness (QED) is 0.695. The fourth-order valence-electron chi connectivity index (χ4n) is 2.64. The number of pyridine rings is 1. The predicted octanol–water partition coefficient (Wildman–Crippen LogP) is 2.55. The summed E-state index contributed by atoms with van der Waals surface area (Å²) in [5.41, 5.74) is 10.2. The fraction of sp³-hybridized carbons (Fsp3) is 0.100. The van der Waals surface area contributed by atoms with Gasteiger partial charge >= 0.3 is 0 Å². The van der Waals surface area contributed by atoms with Crippen LogP contribution in [0.1, 0.15) is 16.1 Å². The summed E-state index contributed by atoms with van der Waals surface area (Å²) in [5, 5.41) is 10.3. The van der Waals surface area contributed by atoms with Gasteiger partial charge in [0.15, 0.2) is 0 Å². The molecule has 0 bridgehead atoms. The smallest absolute Gasteiger partial charge is 0.267 e. The van der Waals surface area contributed by atoms with Gasteiger partial charge in [0.05, 0.1) is 5.69 Å². The number of hydrogen-bond acceptors (Lipinski definition) is 3. The van der Waals surface area contributed by atoms with E-state index in [0.29, 0.717) is 12.1 Å². The van der Waals surface area contributed by atoms with Crippen LogP contribution in [0.2, 0.25) is 0 Å². The Kier molecular flexibility index (Phi) is 5.22. The highest BCUT2D eigenvalue weighted by Gasteiger charge is 2.09. The molecule has 1 atom stereocenters. The van der Waals surface area contributed by atoms with Crippen LogP contribution in [-0.4, -0.2) is 22.6 Å². The van der Waals surface area contributed by atoms with Crippen LogP contribution in [0.25, 0.3) is 22.4 Å². The Morgan fingerprint density at radius 1 is 0.960 bits per heavy atom. The molecule has 0 saturated heterocycles. The lowest BCUT2D eigenvalue weighted by Gasteiger charge is -2.08. The van der Waals surface area contributed by atoms with Crippen molar-refractivity contribution in [1.82, 2.24) is 4.98 Å². The SMILES string of the molecule is NC(=O)c1cc(CCO)cc(-c2ccc(-c3ccc(P)cc3)cc2)n1. The summed E-state index contributed by atoms with van der Waals surface area (Å²) in [6.07, 6.45) is 0.454. The molecule has 2 aromatic carbocycles. The molecule has 0 saturated carbocycles. The third-order valence-electron chi connectivity index (χ3n) is 3.96. The molecule has 0 aliphatic heterocycles. The van der Waals surface area contributed by atoms with Crippen molar-refractivity contribution in [3.63, 3.8) is 0 Å². The average molecular weight is 350 g/mol. The van der Waals surface area contributed by atoms with Gasteiger partial charge in [-0.05, 0) is 40.5 Å². The van der Waals surface area contributed by atoms with Gasteiger partial charge in [-0.1, -0.05) is 48.5 Å². The lowest BCUT2D eigenvalue weighted by Crippen LogP contribution is -2.14. The van der Waals surface area contributed by atoms with Crippen LogP contribution in [0.4, 0.5) is 0 Å². The van der Waals surface area contributed by atoms with Crippen molar-refractivity contribution in [2.24, 2.45) is 5.73 Å². The zero-order valence-electron chi connectivity index (χ0n) is 13.6. The molecule has 3 aromatic rings. The second-order valence-corrected chi connectivity index (χ2v) is 6.45. The largest absolute Gasteiger partial charge is 0.396 e. The van der Waals surface area contributed by atoms with E-state index in [1.54, 1.807) is 6.07 Å². The summed E-state index contributed by atoms with van der Waals surface area (Å²) in [5.74, 6) is -0.574. The number of aromatic nitrogens is 1. The number of amides is 1. The van der Waals surface area contributed by atoms with Crippen molar-refractivity contribution in [2.75, 3.05) is 6.61 Å². The number of rotatable bonds is 5. The Labute approximate surface area is 148 Å². The molecular weight excluding hydrogens is 331 g/mol. The Balaban J connectivity index is 1.96. The first-order valence-corrected chi connectivity index (χ1v) is 8.52. The summed E-state index contributed by atoms with van der Waals surface area (Å²) >= 11 is 0. The maximum Gasteiger partial charge on any atom is 0.267 e. The van der Waals surface area contributed by atoms with E-state index in [1.165, 1.54) is 0 Å². The van der Waals surface area contributed by atoms with E-state index in [2.05, 4.69) is 26.4 Å². The van der Waals surface area contributed by atoms with Crippen LogP contribution in [0.15, 0.2) is 60.7 Å². The summed E-state index contributed by atoms with van der Waals surface area (Å²) < 4.78 is 0. The normalized spacial score (nSPS) is 10.6. The van der Waals surface area contributed by atoms with Crippen LogP contribution in [0.3, 0.4) is 0 Å². The molecule has 4 nitrogen and oxygen atoms in total. The molecule has 25 heavy (non-hydrogen) atoms. The van der Waals surface area contributed by atoms with E-state index >= 15 is 0 Å². The minimum Gasteiger partial charge on any atom is -0.396 e. The van der Waals surface area contributed by atoms with Gasteiger partial charge in [0.25, 0.3) is 5.91 Å². The molecule has 0 radical (unpaired) electrons. The zero-order chi connectivity index (χ0) is 17.8. The third kappa shape index (κ3) is 4.11. The molecule has 5 heteroatoms. The minimum absolute atomic E-state index is 0.00625. The van der Waals surface area contributed by atoms with E-state index in [1.807, 2.05) is 42.5 Å². The van der Waals surface area contributed by atoms with Gasteiger partial charge in [0.1, 0.15) is 5.69 Å². The Morgan fingerprint density at radius 3 is 2.08 bits per heavy atom. The molecule has 0 spiro atoms. The van der Waals surface area contributed by atoms with E-state index in [-0.39, 0.29) is 12.3 Å². The van der Waals surface area contributed by atoms with E-state index in [4.69, 9.17) is 10.8 Å². The third-order valence-corrected chi connectivity index (χ3v) is 4.35. The summed E-state index contributed by atoms with van der Waals surface area (Å²) in [7, 11) is 2.67. The Bertz CT molecular complexity index is 891. The lowest BCUT2D eigenvalue weighted by molar-refractivity contribution is 0.0995. The minimum atomic E-state index is -0.574. The monoisotopic (exact) mass is 350 g/mol. The molecule has 3 rings (SSSR count). The second-order valence-electron chi connectivity index (χ2n) is 5.78. The highest BCUT2D eigenvalue weighted by atomic mass is 31.0. The highest BCUT2D eigenvalue weighted by molar-refractivity contribution is 7.27. The average Bonchev–Trinajstić information content (AvgIpc) is 2.62. The van der Waals surface area contributed by atoms with Crippen molar-refractivity contribution in [3.05, 3.63) is 71.9 Å². The van der Waals surface area contributed by atoms with Crippen molar-refractivity contribution in [3.8, 4) is 22.4 Å². The Morgan fingerprint density at radius 2 is 1.52 bits per heavy atom. The molecule has 1 amide bonds. The molecule has 3 N–H and O–H groups in total. The van der Waals surface area contributed by atoms with Gasteiger partial charge in [-0.2, -0.15) is 0 Å². The summed E-state index contributed by atoms with van der Waals surface area (Å²) in [6.45, 7) is 0.00625. The fourth-order valence-corrected chi connectivity index (χ4v) is 2.84. The number of nitrogens with two attached hydrogens (primary N) is 1. The number of aliphatic hydroxyl groups is 1. The number of carbonyl (C=O) groups is 1. The first-order chi connectivity index (χ1) is 12.1. The molecule has 0 fully saturated rings. The van der Waals surface area contributed by atoms with E-state index < -0.39 is 5.91 Å². The second kappa shape index (κ2) is 7.56. The Hall–Kier alpha value is -2.55. The maximum absolute atomic E-state index is 11.5. The molecule has 1 heterocycles. The van der Waals surface area contributed by atoms with Gasteiger partial charge in [0.2, 0.25) is 0 Å². The van der Waals surface area contributed by atoms with Crippen LogP contribution in [0.5, 0.6) is 0 Å². The number of hydrogen-bond donors (Lipinski definition) is 2. The van der Waals surface area contributed by atoms with Gasteiger partial charge in [-0.3, -0.25) is 4.79 Å². The van der Waals surface area contributed by atoms with Crippen molar-refractivity contribution in [1.29, 1.82) is 0 Å². The number of aliphatic hydroxyl groups excluding tert-OH is 1. The van der Waals surface area contributed by atoms with Gasteiger partial charge in [0, 0.05) is 12.2 Å². The highest BCUT2D eigenvalue weighted by Crippen LogP contribution is 2.25. The topological polar surface area (TPSA) is 76.2 Å². The first-order valence-electron chi connectivity index (χ1n) is 7.95. The maximum atomic E-state index is 11.5. The number of nitrogens with zero attached hydrogens (tertiary/aromatic N) is 1. The van der Waals surface area contributed by atoms with Crippen LogP contribution in [-0.2, 0) is 6.42 Å². The number of carbonyl (C=O) groups excluding carboxylic acids is 1. The van der Waals surface area contributed by atoms with Crippen molar-refractivity contribution in [2.45, 2.75) is 6.42 Å². The standard InChI is InChI=1S/C20H19N2O2P/c21-20(24)19-12-13(9-10-23)11-18(22-19)16-3-1-14(2-4-16)15-5-7-17(25)8-6-15/h1-8,11-12,23H,9-10,25H2,(H2,21,24). The van der Waals surface area contributed by atoms with Gasteiger partial charge in [-0.15, -0.1) is 9.24 Å². The number of benzene rings is 2. The molecule has 126 valence electrons. The van der Waals surface area contributed by atoms with Crippen LogP contribution < -0.4 is 11.0 Å². The van der Waals surface area contributed by atoms with E-state index in [9.17, 15) is 4.79 Å². The zero-order valence-corrected chi connectivity index (χ0v) is 14.8. The summed E-state index contributed by atoms with van der Waals surface area (Å²) in [6, 6.07) is 19.7. The molecule has 1 unspecified atom stereocenters. The van der Waals surface area contributed by atoms with Crippen LogP contribution >= 0.6 is 9.24 Å². The van der Waals surface area contributed by atoms with Crippen molar-refractivity contribution >= 4 is 20.5 Å². The van der Waals surface area contributed by atoms with Crippen molar-refractivity contribution < 1.29 is 9.90 Å². The first kappa shape index (κ1) is 17.3. The molecule has 1 aromatic heterocycles. The number of primary amides is 1. The molecule has 0 aliphatic rings. The van der Waals surface area contributed by atoms with Crippen LogP contribution in [0, 0.1) is 0 Å². The lowest BCUT2D eigenvalue weighted by atomic mass is 10.0. The summed E-state index contributed by atoms with van der Waals surface area (Å²) in [4.78, 5) is 15.8. The molecular formula is C20H19N2O2P. The van der Waals surface area contributed by atoms with E-state index in [0.717, 1.165) is 27.6 Å². The predicted molar refractivity (Wildman–Crippen MR) is 104 cm³/mol. The molecule has 0 aliphatic carbocycles.